The molecule has 2 rings (SSSR count). The lowest BCUT2D eigenvalue weighted by Gasteiger charge is -2.14. The van der Waals surface area contributed by atoms with Gasteiger partial charge in [-0.3, -0.25) is 0 Å². The maximum Gasteiger partial charge on any atom is 0.408 e. The predicted octanol–water partition coefficient (Wildman–Crippen LogP) is 2.53. The third kappa shape index (κ3) is 2.14. The van der Waals surface area contributed by atoms with Gasteiger partial charge in [-0.1, -0.05) is 12.1 Å². The van der Waals surface area contributed by atoms with Gasteiger partial charge in [-0.2, -0.15) is 0 Å². The Labute approximate surface area is 97.4 Å². The highest BCUT2D eigenvalue weighted by Gasteiger charge is 2.35. The number of carbonyl (C=O) groups excluding carboxylic acids is 1. The van der Waals surface area contributed by atoms with E-state index in [0.717, 1.165) is 10.5 Å². The fraction of sp³-hybridized carbons (Fsp3) is 0.364. The molecular weight excluding hydrogens is 229 g/mol. The molecule has 1 fully saturated rings. The van der Waals surface area contributed by atoms with Crippen LogP contribution in [-0.4, -0.2) is 25.1 Å². The van der Waals surface area contributed by atoms with Crippen molar-refractivity contribution in [2.45, 2.75) is 17.0 Å². The van der Waals surface area contributed by atoms with Crippen molar-refractivity contribution in [1.82, 2.24) is 5.32 Å². The Morgan fingerprint density at radius 3 is 2.69 bits per heavy atom. The largest absolute Gasteiger partial charge is 0.439 e. The summed E-state index contributed by atoms with van der Waals surface area (Å²) in [5.41, 5.74) is 0.818. The fourth-order valence-electron chi connectivity index (χ4n) is 1.67. The zero-order chi connectivity index (χ0) is 11.5. The highest BCUT2D eigenvalue weighted by Crippen LogP contribution is 2.28. The highest BCUT2D eigenvalue weighted by atomic mass is 32.2. The molecule has 5 heteroatoms. The Morgan fingerprint density at radius 1 is 1.44 bits per heavy atom. The first-order valence-corrected chi connectivity index (χ1v) is 6.14. The van der Waals surface area contributed by atoms with E-state index in [4.69, 9.17) is 4.74 Å². The van der Waals surface area contributed by atoms with E-state index in [2.05, 4.69) is 5.32 Å². The van der Waals surface area contributed by atoms with E-state index in [1.54, 1.807) is 11.8 Å². The lowest BCUT2D eigenvalue weighted by atomic mass is 10.0. The molecule has 0 radical (unpaired) electrons. The van der Waals surface area contributed by atoms with Gasteiger partial charge >= 0.3 is 6.09 Å². The Kier molecular flexibility index (Phi) is 3.33. The molecule has 1 aromatic rings. The minimum absolute atomic E-state index is 0.520. The molecule has 1 aliphatic heterocycles. The summed E-state index contributed by atoms with van der Waals surface area (Å²) in [5.74, 6) is 0. The van der Waals surface area contributed by atoms with E-state index >= 15 is 0 Å². The van der Waals surface area contributed by atoms with Crippen molar-refractivity contribution in [2.75, 3.05) is 12.9 Å². The number of alkyl carbamates (subject to hydrolysis) is 1. The zero-order valence-electron chi connectivity index (χ0n) is 8.77. The van der Waals surface area contributed by atoms with Crippen molar-refractivity contribution < 1.29 is 13.9 Å². The van der Waals surface area contributed by atoms with Gasteiger partial charge in [0.05, 0.1) is 0 Å². The Balaban J connectivity index is 2.19. The number of nitrogens with one attached hydrogen (secondary N) is 1. The molecule has 0 saturated carbocycles. The summed E-state index contributed by atoms with van der Waals surface area (Å²) in [6.07, 6.45) is 0.909. The summed E-state index contributed by atoms with van der Waals surface area (Å²) in [7, 11) is 0. The first kappa shape index (κ1) is 11.3. The maximum atomic E-state index is 12.7. The minimum atomic E-state index is -0.624. The van der Waals surface area contributed by atoms with Gasteiger partial charge in [-0.15, -0.1) is 11.8 Å². The summed E-state index contributed by atoms with van der Waals surface area (Å²) in [6.45, 7) is -0.624. The third-order valence-corrected chi connectivity index (χ3v) is 3.26. The van der Waals surface area contributed by atoms with Crippen LogP contribution in [0.15, 0.2) is 29.2 Å². The maximum absolute atomic E-state index is 12.7. The summed E-state index contributed by atoms with van der Waals surface area (Å²) in [5, 5.41) is 2.44. The number of carbonyl (C=O) groups is 1. The van der Waals surface area contributed by atoms with Gasteiger partial charge in [0, 0.05) is 4.90 Å². The number of alkyl halides is 1. The normalized spacial score (nSPS) is 24.0. The number of benzene rings is 1. The summed E-state index contributed by atoms with van der Waals surface area (Å²) in [6, 6.07) is 7.01. The van der Waals surface area contributed by atoms with Gasteiger partial charge in [0.25, 0.3) is 0 Å². The molecular formula is C11H12FNO2S. The standard InChI is InChI=1S/C11H12FNO2S/c1-16-8-4-2-7(3-5-8)10-9(6-12)13-11(14)15-10/h2-5,9-10H,6H2,1H3,(H,13,14). The minimum Gasteiger partial charge on any atom is -0.439 e. The van der Waals surface area contributed by atoms with Crippen LogP contribution in [0.1, 0.15) is 11.7 Å². The van der Waals surface area contributed by atoms with Crippen LogP contribution in [-0.2, 0) is 4.74 Å². The lowest BCUT2D eigenvalue weighted by Crippen LogP contribution is -2.29. The van der Waals surface area contributed by atoms with Crippen LogP contribution in [0.4, 0.5) is 9.18 Å². The van der Waals surface area contributed by atoms with Gasteiger partial charge in [-0.05, 0) is 24.0 Å². The second-order valence-corrected chi connectivity index (χ2v) is 4.38. The van der Waals surface area contributed by atoms with Gasteiger partial charge in [-0.25, -0.2) is 9.18 Å². The molecule has 0 spiro atoms. The third-order valence-electron chi connectivity index (χ3n) is 2.51. The number of amides is 1. The van der Waals surface area contributed by atoms with Crippen LogP contribution < -0.4 is 5.32 Å². The van der Waals surface area contributed by atoms with E-state index in [9.17, 15) is 9.18 Å². The molecule has 0 bridgehead atoms. The van der Waals surface area contributed by atoms with E-state index in [1.807, 2.05) is 30.5 Å². The molecule has 1 aliphatic rings. The number of halogens is 1. The number of rotatable bonds is 3. The first-order valence-electron chi connectivity index (χ1n) is 4.91. The predicted molar refractivity (Wildman–Crippen MR) is 60.3 cm³/mol. The summed E-state index contributed by atoms with van der Waals surface area (Å²) in [4.78, 5) is 12.1. The average molecular weight is 241 g/mol. The van der Waals surface area contributed by atoms with Crippen LogP contribution in [0.2, 0.25) is 0 Å². The van der Waals surface area contributed by atoms with Gasteiger partial charge in [0.15, 0.2) is 6.10 Å². The van der Waals surface area contributed by atoms with E-state index in [1.165, 1.54) is 0 Å². The molecule has 1 heterocycles. The summed E-state index contributed by atoms with van der Waals surface area (Å²) >= 11 is 1.63. The molecule has 1 N–H and O–H groups in total. The van der Waals surface area contributed by atoms with E-state index in [-0.39, 0.29) is 0 Å². The molecule has 0 aromatic heterocycles. The van der Waals surface area contributed by atoms with Crippen molar-refractivity contribution in [3.8, 4) is 0 Å². The number of hydrogen-bond acceptors (Lipinski definition) is 3. The quantitative estimate of drug-likeness (QED) is 0.826. The monoisotopic (exact) mass is 241 g/mol. The molecule has 0 aliphatic carbocycles. The number of thioether (sulfide) groups is 1. The molecule has 86 valence electrons. The SMILES string of the molecule is CSc1ccc(C2OC(=O)NC2CF)cc1. The second kappa shape index (κ2) is 4.74. The summed E-state index contributed by atoms with van der Waals surface area (Å²) < 4.78 is 17.7. The molecule has 3 nitrogen and oxygen atoms in total. The Hall–Kier alpha value is -1.23. The Bertz CT molecular complexity index is 382. The molecule has 2 atom stereocenters. The highest BCUT2D eigenvalue weighted by molar-refractivity contribution is 7.98. The van der Waals surface area contributed by atoms with Crippen molar-refractivity contribution in [3.63, 3.8) is 0 Å². The Morgan fingerprint density at radius 2 is 2.12 bits per heavy atom. The first-order chi connectivity index (χ1) is 7.74. The van der Waals surface area contributed by atoms with Crippen LogP contribution >= 0.6 is 11.8 Å². The van der Waals surface area contributed by atoms with Crippen molar-refractivity contribution in [1.29, 1.82) is 0 Å². The molecule has 16 heavy (non-hydrogen) atoms. The smallest absolute Gasteiger partial charge is 0.408 e. The van der Waals surface area contributed by atoms with E-state index in [0.29, 0.717) is 0 Å². The average Bonchev–Trinajstić information content (AvgIpc) is 2.70. The number of ether oxygens (including phenoxy) is 1. The van der Waals surface area contributed by atoms with Gasteiger partial charge < -0.3 is 10.1 Å². The molecule has 1 amide bonds. The number of cyclic esters (lactones) is 1. The van der Waals surface area contributed by atoms with Gasteiger partial charge in [0.2, 0.25) is 0 Å². The van der Waals surface area contributed by atoms with Crippen LogP contribution in [0, 0.1) is 0 Å². The van der Waals surface area contributed by atoms with Crippen molar-refractivity contribution in [3.05, 3.63) is 29.8 Å². The lowest BCUT2D eigenvalue weighted by molar-refractivity contribution is 0.128. The van der Waals surface area contributed by atoms with Crippen LogP contribution in [0.5, 0.6) is 0 Å². The van der Waals surface area contributed by atoms with Crippen LogP contribution in [0.3, 0.4) is 0 Å². The van der Waals surface area contributed by atoms with Crippen LogP contribution in [0.25, 0.3) is 0 Å². The molecule has 1 saturated heterocycles. The topological polar surface area (TPSA) is 38.3 Å². The van der Waals surface area contributed by atoms with E-state index < -0.39 is 24.9 Å². The molecule has 2 unspecified atom stereocenters. The van der Waals surface area contributed by atoms with Crippen molar-refractivity contribution >= 4 is 17.9 Å². The fourth-order valence-corrected chi connectivity index (χ4v) is 2.08. The molecule has 1 aromatic carbocycles. The zero-order valence-corrected chi connectivity index (χ0v) is 9.59. The van der Waals surface area contributed by atoms with Gasteiger partial charge in [0.1, 0.15) is 12.7 Å². The van der Waals surface area contributed by atoms with Crippen molar-refractivity contribution in [2.24, 2.45) is 0 Å². The second-order valence-electron chi connectivity index (χ2n) is 3.50. The number of hydrogen-bond donors (Lipinski definition) is 1.